The summed E-state index contributed by atoms with van der Waals surface area (Å²) in [5, 5.41) is 2.76. The molecule has 0 unspecified atom stereocenters. The van der Waals surface area contributed by atoms with E-state index in [0.29, 0.717) is 26.4 Å². The normalized spacial score (nSPS) is 15.0. The zero-order valence-electron chi connectivity index (χ0n) is 15.6. The maximum atomic E-state index is 12.7. The van der Waals surface area contributed by atoms with Crippen LogP contribution in [-0.2, 0) is 9.59 Å². The highest BCUT2D eigenvalue weighted by molar-refractivity contribution is 9.10. The van der Waals surface area contributed by atoms with Crippen molar-refractivity contribution in [2.24, 2.45) is 0 Å². The van der Waals surface area contributed by atoms with E-state index in [4.69, 9.17) is 21.7 Å². The Bertz CT molecular complexity index is 992. The molecule has 1 fully saturated rings. The Labute approximate surface area is 186 Å². The highest BCUT2D eigenvalue weighted by Crippen LogP contribution is 2.34. The number of methoxy groups -OCH3 is 2. The quantitative estimate of drug-likeness (QED) is 0.478. The van der Waals surface area contributed by atoms with Crippen LogP contribution < -0.4 is 14.8 Å². The SMILES string of the molecule is COc1ccc(C=C2SC(=S)N(CC(=O)Nc3ccc(Br)cc3)C2=O)cc1OC. The lowest BCUT2D eigenvalue weighted by atomic mass is 10.2. The summed E-state index contributed by atoms with van der Waals surface area (Å²) < 4.78 is 11.8. The zero-order chi connectivity index (χ0) is 21.0. The lowest BCUT2D eigenvalue weighted by molar-refractivity contribution is -0.126. The van der Waals surface area contributed by atoms with Crippen LogP contribution in [0.1, 0.15) is 5.56 Å². The van der Waals surface area contributed by atoms with Crippen LogP contribution in [0.15, 0.2) is 51.8 Å². The lowest BCUT2D eigenvalue weighted by Crippen LogP contribution is -2.36. The van der Waals surface area contributed by atoms with Gasteiger partial charge in [-0.25, -0.2) is 0 Å². The van der Waals surface area contributed by atoms with Gasteiger partial charge in [0.1, 0.15) is 10.9 Å². The van der Waals surface area contributed by atoms with Gasteiger partial charge in [0.05, 0.1) is 19.1 Å². The summed E-state index contributed by atoms with van der Waals surface area (Å²) in [5.74, 6) is 0.532. The molecule has 29 heavy (non-hydrogen) atoms. The smallest absolute Gasteiger partial charge is 0.266 e. The van der Waals surface area contributed by atoms with Crippen molar-refractivity contribution in [2.75, 3.05) is 26.1 Å². The lowest BCUT2D eigenvalue weighted by Gasteiger charge is -2.14. The molecule has 6 nitrogen and oxygen atoms in total. The monoisotopic (exact) mass is 492 g/mol. The minimum absolute atomic E-state index is 0.149. The van der Waals surface area contributed by atoms with Crippen LogP contribution in [0.2, 0.25) is 0 Å². The molecular weight excluding hydrogens is 476 g/mol. The predicted molar refractivity (Wildman–Crippen MR) is 122 cm³/mol. The van der Waals surface area contributed by atoms with E-state index < -0.39 is 0 Å². The molecule has 0 aliphatic carbocycles. The van der Waals surface area contributed by atoms with Gasteiger partial charge in [-0.05, 0) is 48.0 Å². The number of halogens is 1. The molecule has 1 saturated heterocycles. The number of nitrogens with one attached hydrogen (secondary N) is 1. The van der Waals surface area contributed by atoms with Crippen molar-refractivity contribution >= 4 is 67.8 Å². The van der Waals surface area contributed by atoms with Crippen molar-refractivity contribution in [3.63, 3.8) is 0 Å². The van der Waals surface area contributed by atoms with Gasteiger partial charge in [-0.2, -0.15) is 0 Å². The molecule has 9 heteroatoms. The van der Waals surface area contributed by atoms with Crippen LogP contribution in [0.5, 0.6) is 11.5 Å². The molecule has 2 amide bonds. The Kier molecular flexibility index (Phi) is 6.94. The van der Waals surface area contributed by atoms with Crippen molar-refractivity contribution in [3.8, 4) is 11.5 Å². The molecule has 0 atom stereocenters. The largest absolute Gasteiger partial charge is 0.493 e. The van der Waals surface area contributed by atoms with E-state index in [9.17, 15) is 9.59 Å². The van der Waals surface area contributed by atoms with E-state index in [2.05, 4.69) is 21.2 Å². The molecule has 1 aliphatic rings. The van der Waals surface area contributed by atoms with E-state index in [1.807, 2.05) is 18.2 Å². The molecule has 1 N–H and O–H groups in total. The first-order valence-corrected chi connectivity index (χ1v) is 10.5. The third-order valence-electron chi connectivity index (χ3n) is 4.01. The second kappa shape index (κ2) is 9.43. The first-order chi connectivity index (χ1) is 13.9. The Balaban J connectivity index is 1.71. The molecule has 150 valence electrons. The fourth-order valence-corrected chi connectivity index (χ4v) is 4.13. The molecule has 0 saturated carbocycles. The number of nitrogens with zero attached hydrogens (tertiary/aromatic N) is 1. The topological polar surface area (TPSA) is 67.9 Å². The molecule has 2 aromatic rings. The minimum atomic E-state index is -0.323. The van der Waals surface area contributed by atoms with Gasteiger partial charge in [-0.1, -0.05) is 46.0 Å². The van der Waals surface area contributed by atoms with Crippen LogP contribution in [0.3, 0.4) is 0 Å². The average molecular weight is 493 g/mol. The van der Waals surface area contributed by atoms with Crippen LogP contribution in [0.25, 0.3) is 6.08 Å². The van der Waals surface area contributed by atoms with E-state index >= 15 is 0 Å². The average Bonchev–Trinajstić information content (AvgIpc) is 2.97. The Morgan fingerprint density at radius 1 is 1.17 bits per heavy atom. The number of hydrogen-bond donors (Lipinski definition) is 1. The van der Waals surface area contributed by atoms with Crippen LogP contribution in [-0.4, -0.2) is 41.8 Å². The number of anilines is 1. The molecule has 0 aromatic heterocycles. The van der Waals surface area contributed by atoms with Gasteiger partial charge in [0.25, 0.3) is 5.91 Å². The second-order valence-corrected chi connectivity index (χ2v) is 8.53. The molecule has 0 radical (unpaired) electrons. The first kappa shape index (κ1) is 21.4. The number of rotatable bonds is 6. The van der Waals surface area contributed by atoms with Crippen molar-refractivity contribution in [3.05, 3.63) is 57.4 Å². The van der Waals surface area contributed by atoms with Gasteiger partial charge in [0.15, 0.2) is 11.5 Å². The molecule has 1 aliphatic heterocycles. The van der Waals surface area contributed by atoms with E-state index in [-0.39, 0.29) is 18.4 Å². The number of thioether (sulfide) groups is 1. The number of ether oxygens (including phenoxy) is 2. The zero-order valence-corrected chi connectivity index (χ0v) is 18.8. The van der Waals surface area contributed by atoms with Gasteiger partial charge in [-0.15, -0.1) is 0 Å². The Morgan fingerprint density at radius 3 is 2.52 bits per heavy atom. The van der Waals surface area contributed by atoms with Crippen molar-refractivity contribution < 1.29 is 19.1 Å². The summed E-state index contributed by atoms with van der Waals surface area (Å²) >= 11 is 9.80. The maximum Gasteiger partial charge on any atom is 0.266 e. The third kappa shape index (κ3) is 5.17. The highest BCUT2D eigenvalue weighted by Gasteiger charge is 2.33. The molecular formula is C20H17BrN2O4S2. The molecule has 0 bridgehead atoms. The Hall–Kier alpha value is -2.36. The maximum absolute atomic E-state index is 12.7. The summed E-state index contributed by atoms with van der Waals surface area (Å²) in [4.78, 5) is 26.8. The summed E-state index contributed by atoms with van der Waals surface area (Å²) in [6.07, 6.45) is 1.72. The second-order valence-electron chi connectivity index (χ2n) is 5.94. The number of benzene rings is 2. The molecule has 1 heterocycles. The number of amides is 2. The number of thiocarbonyl (C=S) groups is 1. The van der Waals surface area contributed by atoms with Crippen molar-refractivity contribution in [2.45, 2.75) is 0 Å². The highest BCUT2D eigenvalue weighted by atomic mass is 79.9. The van der Waals surface area contributed by atoms with Gasteiger partial charge >= 0.3 is 0 Å². The summed E-state index contributed by atoms with van der Waals surface area (Å²) in [6, 6.07) is 12.5. The van der Waals surface area contributed by atoms with Crippen molar-refractivity contribution in [1.82, 2.24) is 4.90 Å². The van der Waals surface area contributed by atoms with Crippen LogP contribution >= 0.6 is 39.9 Å². The fraction of sp³-hybridized carbons (Fsp3) is 0.150. The summed E-state index contributed by atoms with van der Waals surface area (Å²) in [6.45, 7) is -0.149. The fourth-order valence-electron chi connectivity index (χ4n) is 2.61. The first-order valence-electron chi connectivity index (χ1n) is 8.44. The van der Waals surface area contributed by atoms with Crippen LogP contribution in [0.4, 0.5) is 5.69 Å². The summed E-state index contributed by atoms with van der Waals surface area (Å²) in [7, 11) is 3.10. The molecule has 2 aromatic carbocycles. The van der Waals surface area contributed by atoms with Crippen molar-refractivity contribution in [1.29, 1.82) is 0 Å². The number of hydrogen-bond acceptors (Lipinski definition) is 6. The van der Waals surface area contributed by atoms with E-state index in [1.54, 1.807) is 44.6 Å². The minimum Gasteiger partial charge on any atom is -0.493 e. The van der Waals surface area contributed by atoms with Gasteiger partial charge in [-0.3, -0.25) is 14.5 Å². The Morgan fingerprint density at radius 2 is 1.86 bits per heavy atom. The van der Waals surface area contributed by atoms with Crippen LogP contribution in [0, 0.1) is 0 Å². The summed E-state index contributed by atoms with van der Waals surface area (Å²) in [5.41, 5.74) is 1.41. The van der Waals surface area contributed by atoms with E-state index in [0.717, 1.165) is 21.8 Å². The molecule has 3 rings (SSSR count). The predicted octanol–water partition coefficient (Wildman–Crippen LogP) is 4.31. The third-order valence-corrected chi connectivity index (χ3v) is 5.92. The van der Waals surface area contributed by atoms with Gasteiger partial charge in [0, 0.05) is 10.2 Å². The van der Waals surface area contributed by atoms with Gasteiger partial charge in [0.2, 0.25) is 5.91 Å². The van der Waals surface area contributed by atoms with Gasteiger partial charge < -0.3 is 14.8 Å². The number of carbonyl (C=O) groups is 2. The van der Waals surface area contributed by atoms with E-state index in [1.165, 1.54) is 4.90 Å². The molecule has 0 spiro atoms. The standard InChI is InChI=1S/C20H17BrN2O4S2/c1-26-15-8-3-12(9-16(15)27-2)10-17-19(25)23(20(28)29-17)11-18(24)22-14-6-4-13(21)5-7-14/h3-10H,11H2,1-2H3,(H,22,24). The number of carbonyl (C=O) groups excluding carboxylic acids is 2.